The second-order valence-corrected chi connectivity index (χ2v) is 5.19. The predicted molar refractivity (Wildman–Crippen MR) is 91.9 cm³/mol. The molecule has 0 aliphatic rings. The van der Waals surface area contributed by atoms with Crippen LogP contribution in [0.2, 0.25) is 0 Å². The summed E-state index contributed by atoms with van der Waals surface area (Å²) in [6.07, 6.45) is 0.110. The van der Waals surface area contributed by atoms with Crippen molar-refractivity contribution in [2.24, 2.45) is 0 Å². The van der Waals surface area contributed by atoms with Gasteiger partial charge in [0.05, 0.1) is 0 Å². The molecule has 0 aliphatic heterocycles. The third-order valence-corrected chi connectivity index (χ3v) is 3.14. The molecule has 24 heavy (non-hydrogen) atoms. The first-order valence-corrected chi connectivity index (χ1v) is 7.45. The summed E-state index contributed by atoms with van der Waals surface area (Å²) in [5, 5.41) is 7.61. The van der Waals surface area contributed by atoms with E-state index in [9.17, 15) is 19.2 Å². The van der Waals surface area contributed by atoms with E-state index in [2.05, 4.69) is 12.6 Å². The van der Waals surface area contributed by atoms with Crippen molar-refractivity contribution in [1.29, 1.82) is 0 Å². The summed E-state index contributed by atoms with van der Waals surface area (Å²) in [7, 11) is 0. The number of hydrogen-bond donors (Lipinski definition) is 2. The van der Waals surface area contributed by atoms with Gasteiger partial charge in [-0.3, -0.25) is 14.4 Å². The molecular formula is C18H16O5S. The van der Waals surface area contributed by atoms with E-state index < -0.39 is 22.7 Å². The Balaban J connectivity index is 0.000000240. The van der Waals surface area contributed by atoms with Crippen molar-refractivity contribution >= 4 is 35.3 Å². The van der Waals surface area contributed by atoms with Gasteiger partial charge in [-0.1, -0.05) is 73.3 Å². The van der Waals surface area contributed by atoms with Gasteiger partial charge in [-0.25, -0.2) is 4.79 Å². The first-order valence-electron chi connectivity index (χ1n) is 7.00. The SMILES string of the molecule is O=C(O)C(=O)Cc1ccccc1.O=C(S)C(=O)Cc1ccccc1. The van der Waals surface area contributed by atoms with E-state index in [0.29, 0.717) is 0 Å². The highest BCUT2D eigenvalue weighted by molar-refractivity contribution is 7.98. The van der Waals surface area contributed by atoms with Gasteiger partial charge in [0.15, 0.2) is 0 Å². The monoisotopic (exact) mass is 344 g/mol. The fourth-order valence-electron chi connectivity index (χ4n) is 1.71. The van der Waals surface area contributed by atoms with Gasteiger partial charge in [-0.05, 0) is 11.1 Å². The van der Waals surface area contributed by atoms with Crippen LogP contribution in [0.15, 0.2) is 60.7 Å². The van der Waals surface area contributed by atoms with Crippen molar-refractivity contribution < 1.29 is 24.3 Å². The number of carbonyl (C=O) groups is 4. The quantitative estimate of drug-likeness (QED) is 0.619. The van der Waals surface area contributed by atoms with Crippen LogP contribution in [-0.4, -0.2) is 27.8 Å². The van der Waals surface area contributed by atoms with E-state index in [4.69, 9.17) is 5.11 Å². The molecule has 2 rings (SSSR count). The molecule has 5 nitrogen and oxygen atoms in total. The summed E-state index contributed by atoms with van der Waals surface area (Å²) in [6, 6.07) is 17.9. The Hall–Kier alpha value is -2.73. The van der Waals surface area contributed by atoms with Gasteiger partial charge in [-0.2, -0.15) is 0 Å². The highest BCUT2D eigenvalue weighted by atomic mass is 32.1. The van der Waals surface area contributed by atoms with Crippen molar-refractivity contribution in [1.82, 2.24) is 0 Å². The number of Topliss-reactive ketones (excluding diaryl/α,β-unsaturated/α-hetero) is 2. The highest BCUT2D eigenvalue weighted by Gasteiger charge is 2.11. The average molecular weight is 344 g/mol. The molecule has 0 radical (unpaired) electrons. The van der Waals surface area contributed by atoms with Crippen LogP contribution in [-0.2, 0) is 32.0 Å². The van der Waals surface area contributed by atoms with Crippen LogP contribution in [0.3, 0.4) is 0 Å². The second-order valence-electron chi connectivity index (χ2n) is 4.78. The molecule has 0 aliphatic carbocycles. The highest BCUT2D eigenvalue weighted by Crippen LogP contribution is 2.01. The smallest absolute Gasteiger partial charge is 0.372 e. The van der Waals surface area contributed by atoms with Crippen molar-refractivity contribution in [2.75, 3.05) is 0 Å². The lowest BCUT2D eigenvalue weighted by molar-refractivity contribution is -0.148. The number of thiol groups is 1. The van der Waals surface area contributed by atoms with Crippen LogP contribution in [0, 0.1) is 0 Å². The molecule has 2 aromatic carbocycles. The summed E-state index contributed by atoms with van der Waals surface area (Å²) in [5.74, 6) is -2.62. The van der Waals surface area contributed by atoms with Gasteiger partial charge in [0.2, 0.25) is 11.6 Å². The van der Waals surface area contributed by atoms with Gasteiger partial charge in [0, 0.05) is 12.8 Å². The number of ketones is 2. The van der Waals surface area contributed by atoms with Crippen LogP contribution >= 0.6 is 12.6 Å². The molecule has 0 amide bonds. The fraction of sp³-hybridized carbons (Fsp3) is 0.111. The zero-order chi connectivity index (χ0) is 17.9. The Labute approximate surface area is 144 Å². The third-order valence-electron chi connectivity index (χ3n) is 2.89. The molecule has 2 aromatic rings. The van der Waals surface area contributed by atoms with Gasteiger partial charge in [0.25, 0.3) is 5.12 Å². The molecule has 0 bridgehead atoms. The Kier molecular flexibility index (Phi) is 8.15. The van der Waals surface area contributed by atoms with E-state index in [-0.39, 0.29) is 12.8 Å². The normalized spacial score (nSPS) is 9.38. The van der Waals surface area contributed by atoms with Gasteiger partial charge < -0.3 is 5.11 Å². The predicted octanol–water partition coefficient (Wildman–Crippen LogP) is 2.14. The second kappa shape index (κ2) is 10.1. The molecule has 0 spiro atoms. The zero-order valence-corrected chi connectivity index (χ0v) is 13.6. The molecule has 0 fully saturated rings. The lowest BCUT2D eigenvalue weighted by atomic mass is 10.1. The number of carboxylic acid groups (broad SMARTS) is 1. The van der Waals surface area contributed by atoms with Crippen LogP contribution < -0.4 is 0 Å². The number of rotatable bonds is 6. The van der Waals surface area contributed by atoms with Crippen LogP contribution in [0.5, 0.6) is 0 Å². The summed E-state index contributed by atoms with van der Waals surface area (Å²) in [6.45, 7) is 0. The maximum Gasteiger partial charge on any atom is 0.372 e. The van der Waals surface area contributed by atoms with Gasteiger partial charge in [-0.15, -0.1) is 0 Å². The summed E-state index contributed by atoms with van der Waals surface area (Å²) >= 11 is 3.43. The van der Waals surface area contributed by atoms with Crippen LogP contribution in [0.25, 0.3) is 0 Å². The number of benzene rings is 2. The summed E-state index contributed by atoms with van der Waals surface area (Å²) in [4.78, 5) is 42.2. The van der Waals surface area contributed by atoms with E-state index >= 15 is 0 Å². The Morgan fingerprint density at radius 2 is 1.08 bits per heavy atom. The largest absolute Gasteiger partial charge is 0.475 e. The molecule has 0 aromatic heterocycles. The third kappa shape index (κ3) is 7.51. The Morgan fingerprint density at radius 3 is 1.42 bits per heavy atom. The van der Waals surface area contributed by atoms with Crippen molar-refractivity contribution in [3.8, 4) is 0 Å². The maximum absolute atomic E-state index is 10.9. The van der Waals surface area contributed by atoms with Gasteiger partial charge in [0.1, 0.15) is 0 Å². The van der Waals surface area contributed by atoms with E-state index in [0.717, 1.165) is 11.1 Å². The minimum Gasteiger partial charge on any atom is -0.475 e. The zero-order valence-electron chi connectivity index (χ0n) is 12.7. The fourth-order valence-corrected chi connectivity index (χ4v) is 1.79. The minimum atomic E-state index is -1.38. The van der Waals surface area contributed by atoms with E-state index in [1.54, 1.807) is 36.4 Å². The molecule has 0 atom stereocenters. The molecule has 0 heterocycles. The Morgan fingerprint density at radius 1 is 0.708 bits per heavy atom. The lowest BCUT2D eigenvalue weighted by Crippen LogP contribution is -2.14. The molecular weight excluding hydrogens is 328 g/mol. The molecule has 6 heteroatoms. The minimum absolute atomic E-state index is 0.0316. The van der Waals surface area contributed by atoms with Crippen molar-refractivity contribution in [3.63, 3.8) is 0 Å². The number of aliphatic carboxylic acids is 1. The summed E-state index contributed by atoms with van der Waals surface area (Å²) in [5.41, 5.74) is 1.56. The first kappa shape index (κ1) is 19.3. The lowest BCUT2D eigenvalue weighted by Gasteiger charge is -1.95. The maximum atomic E-state index is 10.9. The average Bonchev–Trinajstić information content (AvgIpc) is 2.57. The van der Waals surface area contributed by atoms with E-state index in [1.807, 2.05) is 24.3 Å². The number of carboxylic acids is 1. The van der Waals surface area contributed by atoms with Crippen molar-refractivity contribution in [2.45, 2.75) is 12.8 Å². The standard InChI is InChI=1S/C9H8O3.C9H8O2S/c2*10-8(9(11)12)6-7-4-2-1-3-5-7/h2*1-5H,6H2,(H,11,12). The Bertz CT molecular complexity index is 647. The summed E-state index contributed by atoms with van der Waals surface area (Å²) < 4.78 is 0. The van der Waals surface area contributed by atoms with Crippen LogP contribution in [0.4, 0.5) is 0 Å². The van der Waals surface area contributed by atoms with E-state index in [1.165, 1.54) is 0 Å². The van der Waals surface area contributed by atoms with Crippen molar-refractivity contribution in [3.05, 3.63) is 71.8 Å². The molecule has 0 saturated heterocycles. The number of hydrogen-bond acceptors (Lipinski definition) is 4. The molecule has 124 valence electrons. The van der Waals surface area contributed by atoms with Gasteiger partial charge >= 0.3 is 5.97 Å². The molecule has 0 saturated carbocycles. The molecule has 0 unspecified atom stereocenters. The molecule has 1 N–H and O–H groups in total. The topological polar surface area (TPSA) is 88.5 Å². The first-order chi connectivity index (χ1) is 11.4. The number of carbonyl (C=O) groups excluding carboxylic acids is 3. The van der Waals surface area contributed by atoms with Crippen LogP contribution in [0.1, 0.15) is 11.1 Å².